The highest BCUT2D eigenvalue weighted by atomic mass is 16.5. The van der Waals surface area contributed by atoms with Crippen molar-refractivity contribution in [1.29, 1.82) is 0 Å². The van der Waals surface area contributed by atoms with Crippen molar-refractivity contribution in [2.75, 3.05) is 13.7 Å². The van der Waals surface area contributed by atoms with Crippen molar-refractivity contribution in [1.82, 2.24) is 9.80 Å². The van der Waals surface area contributed by atoms with Gasteiger partial charge in [0.15, 0.2) is 0 Å². The summed E-state index contributed by atoms with van der Waals surface area (Å²) in [4.78, 5) is 29.7. The van der Waals surface area contributed by atoms with Crippen molar-refractivity contribution in [3.05, 3.63) is 0 Å². The highest BCUT2D eigenvalue weighted by Gasteiger charge is 2.62. The van der Waals surface area contributed by atoms with Crippen LogP contribution in [0.3, 0.4) is 0 Å². The summed E-state index contributed by atoms with van der Waals surface area (Å²) in [6, 6.07) is -0.0870. The SMILES string of the molecule is COC(C)(C)CN1C(=O)N(C(C)C)C2(CC3CCC(C3)C2)C1=O. The number of carbonyl (C=O) groups excluding carboxylic acids is 2. The Bertz CT molecular complexity index is 502. The molecule has 2 aliphatic carbocycles. The Balaban J connectivity index is 1.95. The maximum absolute atomic E-state index is 13.3. The van der Waals surface area contributed by atoms with Crippen LogP contribution in [0.1, 0.15) is 59.8 Å². The summed E-state index contributed by atoms with van der Waals surface area (Å²) in [5.41, 5.74) is -1.12. The quantitative estimate of drug-likeness (QED) is 0.748. The van der Waals surface area contributed by atoms with Crippen LogP contribution in [0, 0.1) is 11.8 Å². The molecule has 2 bridgehead atoms. The predicted octanol–water partition coefficient (Wildman–Crippen LogP) is 3.03. The number of urea groups is 1. The summed E-state index contributed by atoms with van der Waals surface area (Å²) in [5.74, 6) is 1.21. The minimum Gasteiger partial charge on any atom is -0.377 e. The minimum absolute atomic E-state index is 0.0120. The summed E-state index contributed by atoms with van der Waals surface area (Å²) in [7, 11) is 1.63. The Morgan fingerprint density at radius 2 is 1.78 bits per heavy atom. The molecule has 1 aliphatic heterocycles. The number of hydrogen-bond acceptors (Lipinski definition) is 3. The maximum atomic E-state index is 13.3. The molecule has 5 heteroatoms. The molecule has 0 aromatic rings. The first kappa shape index (κ1) is 16.7. The zero-order valence-electron chi connectivity index (χ0n) is 15.1. The highest BCUT2D eigenvalue weighted by molar-refractivity contribution is 6.07. The fourth-order valence-corrected chi connectivity index (χ4v) is 5.01. The number of fused-ring (bicyclic) bond motifs is 2. The largest absolute Gasteiger partial charge is 0.377 e. The molecule has 1 spiro atoms. The van der Waals surface area contributed by atoms with Crippen LogP contribution in [0.4, 0.5) is 4.79 Å². The van der Waals surface area contributed by atoms with E-state index in [1.165, 1.54) is 24.2 Å². The van der Waals surface area contributed by atoms with Gasteiger partial charge in [0.2, 0.25) is 0 Å². The first-order chi connectivity index (χ1) is 10.7. The number of amides is 3. The topological polar surface area (TPSA) is 49.9 Å². The van der Waals surface area contributed by atoms with Gasteiger partial charge in [-0.1, -0.05) is 12.8 Å². The molecule has 1 saturated heterocycles. The van der Waals surface area contributed by atoms with E-state index < -0.39 is 11.1 Å². The van der Waals surface area contributed by atoms with Gasteiger partial charge in [-0.25, -0.2) is 4.79 Å². The molecule has 3 amide bonds. The van der Waals surface area contributed by atoms with E-state index in [9.17, 15) is 9.59 Å². The van der Waals surface area contributed by atoms with Crippen LogP contribution < -0.4 is 0 Å². The lowest BCUT2D eigenvalue weighted by Gasteiger charge is -2.43. The van der Waals surface area contributed by atoms with E-state index in [-0.39, 0.29) is 18.0 Å². The van der Waals surface area contributed by atoms with Crippen molar-refractivity contribution < 1.29 is 14.3 Å². The molecule has 0 N–H and O–H groups in total. The van der Waals surface area contributed by atoms with E-state index >= 15 is 0 Å². The number of nitrogens with zero attached hydrogens (tertiary/aromatic N) is 2. The van der Waals surface area contributed by atoms with Gasteiger partial charge in [-0.05, 0) is 58.8 Å². The Hall–Kier alpha value is -1.10. The average molecular weight is 322 g/mol. The van der Waals surface area contributed by atoms with Crippen molar-refractivity contribution in [2.45, 2.75) is 77.0 Å². The third kappa shape index (κ3) is 2.57. The lowest BCUT2D eigenvalue weighted by molar-refractivity contribution is -0.138. The molecule has 0 radical (unpaired) electrons. The van der Waals surface area contributed by atoms with Crippen LogP contribution in [-0.2, 0) is 9.53 Å². The molecule has 3 aliphatic rings. The number of imide groups is 1. The molecule has 3 rings (SSSR count). The molecule has 130 valence electrons. The number of ether oxygens (including phenoxy) is 1. The summed E-state index contributed by atoms with van der Waals surface area (Å²) < 4.78 is 5.46. The van der Waals surface area contributed by atoms with Crippen LogP contribution >= 0.6 is 0 Å². The molecule has 2 atom stereocenters. The van der Waals surface area contributed by atoms with Crippen LogP contribution in [-0.4, -0.2) is 52.6 Å². The van der Waals surface area contributed by atoms with Crippen LogP contribution in [0.2, 0.25) is 0 Å². The first-order valence-corrected chi connectivity index (χ1v) is 8.90. The predicted molar refractivity (Wildman–Crippen MR) is 88.0 cm³/mol. The van der Waals surface area contributed by atoms with E-state index in [0.29, 0.717) is 18.4 Å². The first-order valence-electron chi connectivity index (χ1n) is 8.90. The van der Waals surface area contributed by atoms with Gasteiger partial charge in [0.05, 0.1) is 12.1 Å². The minimum atomic E-state index is -0.598. The molecule has 23 heavy (non-hydrogen) atoms. The smallest absolute Gasteiger partial charge is 0.328 e. The molecule has 2 saturated carbocycles. The van der Waals surface area contributed by atoms with Crippen molar-refractivity contribution in [3.8, 4) is 0 Å². The van der Waals surface area contributed by atoms with Crippen LogP contribution in [0.25, 0.3) is 0 Å². The summed E-state index contributed by atoms with van der Waals surface area (Å²) in [5, 5.41) is 0. The molecule has 2 unspecified atom stereocenters. The van der Waals surface area contributed by atoms with Gasteiger partial charge in [0.25, 0.3) is 5.91 Å². The van der Waals surface area contributed by atoms with Gasteiger partial charge in [0.1, 0.15) is 5.54 Å². The zero-order chi connectivity index (χ0) is 17.0. The molecule has 3 fully saturated rings. The third-order valence-electron chi connectivity index (χ3n) is 6.05. The molecular weight excluding hydrogens is 292 g/mol. The standard InChI is InChI=1S/C18H30N2O3/c1-12(2)20-16(22)19(11-17(3,4)23-5)15(21)18(20)9-13-6-7-14(8-13)10-18/h12-14H,6-11H2,1-5H3. The van der Waals surface area contributed by atoms with E-state index in [2.05, 4.69) is 0 Å². The van der Waals surface area contributed by atoms with E-state index in [0.717, 1.165) is 12.8 Å². The van der Waals surface area contributed by atoms with Gasteiger partial charge in [-0.15, -0.1) is 0 Å². The van der Waals surface area contributed by atoms with Crippen molar-refractivity contribution >= 4 is 11.9 Å². The molecule has 0 aromatic heterocycles. The zero-order valence-corrected chi connectivity index (χ0v) is 15.1. The lowest BCUT2D eigenvalue weighted by Crippen LogP contribution is -2.55. The van der Waals surface area contributed by atoms with Gasteiger partial charge in [0, 0.05) is 13.2 Å². The maximum Gasteiger partial charge on any atom is 0.328 e. The Labute approximate surface area is 139 Å². The number of methoxy groups -OCH3 is 1. The third-order valence-corrected chi connectivity index (χ3v) is 6.05. The highest BCUT2D eigenvalue weighted by Crippen LogP contribution is 2.52. The molecular formula is C18H30N2O3. The van der Waals surface area contributed by atoms with Gasteiger partial charge in [-0.3, -0.25) is 9.69 Å². The van der Waals surface area contributed by atoms with E-state index in [1.54, 1.807) is 7.11 Å². The normalized spacial score (nSPS) is 34.3. The molecule has 5 nitrogen and oxygen atoms in total. The molecule has 0 aromatic carbocycles. The van der Waals surface area contributed by atoms with E-state index in [4.69, 9.17) is 4.74 Å². The second-order valence-corrected chi connectivity index (χ2v) is 8.59. The van der Waals surface area contributed by atoms with Crippen LogP contribution in [0.5, 0.6) is 0 Å². The number of hydrogen-bond donors (Lipinski definition) is 0. The number of carbonyl (C=O) groups is 2. The summed E-state index contributed by atoms with van der Waals surface area (Å²) in [6.45, 7) is 8.20. The monoisotopic (exact) mass is 322 g/mol. The fourth-order valence-electron chi connectivity index (χ4n) is 5.01. The van der Waals surface area contributed by atoms with Gasteiger partial charge >= 0.3 is 6.03 Å². The van der Waals surface area contributed by atoms with Crippen molar-refractivity contribution in [2.24, 2.45) is 11.8 Å². The Kier molecular flexibility index (Phi) is 3.98. The Morgan fingerprint density at radius 1 is 1.22 bits per heavy atom. The average Bonchev–Trinajstić information content (AvgIpc) is 2.90. The van der Waals surface area contributed by atoms with Gasteiger partial charge in [-0.2, -0.15) is 0 Å². The second kappa shape index (κ2) is 5.47. The van der Waals surface area contributed by atoms with Gasteiger partial charge < -0.3 is 9.64 Å². The Morgan fingerprint density at radius 3 is 2.26 bits per heavy atom. The van der Waals surface area contributed by atoms with Crippen molar-refractivity contribution in [3.63, 3.8) is 0 Å². The van der Waals surface area contributed by atoms with Crippen LogP contribution in [0.15, 0.2) is 0 Å². The number of rotatable bonds is 4. The lowest BCUT2D eigenvalue weighted by atomic mass is 9.73. The summed E-state index contributed by atoms with van der Waals surface area (Å²) in [6.07, 6.45) is 5.35. The second-order valence-electron chi connectivity index (χ2n) is 8.59. The molecule has 1 heterocycles. The van der Waals surface area contributed by atoms with E-state index in [1.807, 2.05) is 32.6 Å². The summed E-state index contributed by atoms with van der Waals surface area (Å²) >= 11 is 0. The fraction of sp³-hybridized carbons (Fsp3) is 0.889.